The van der Waals surface area contributed by atoms with Gasteiger partial charge in [0.2, 0.25) is 0 Å². The molecule has 0 aromatic heterocycles. The minimum absolute atomic E-state index is 0.0390. The van der Waals surface area contributed by atoms with Crippen LogP contribution in [-0.4, -0.2) is 12.5 Å². The van der Waals surface area contributed by atoms with Crippen LogP contribution in [0.15, 0.2) is 40.9 Å². The van der Waals surface area contributed by atoms with Crippen LogP contribution in [0, 0.1) is 0 Å². The molecule has 2 aromatic carbocycles. The van der Waals surface area contributed by atoms with Crippen LogP contribution in [0.25, 0.3) is 0 Å². The van der Waals surface area contributed by atoms with E-state index in [1.54, 1.807) is 23.1 Å². The number of fused-ring (bicyclic) bond motifs is 1. The Hall–Kier alpha value is -1.52. The summed E-state index contributed by atoms with van der Waals surface area (Å²) in [5.74, 6) is -0.0390. The molecule has 102 valence electrons. The molecule has 1 aliphatic heterocycles. The molecular formula is C15H12BrClN2O. The van der Waals surface area contributed by atoms with Gasteiger partial charge >= 0.3 is 0 Å². The Bertz CT molecular complexity index is 702. The molecule has 0 unspecified atom stereocenters. The summed E-state index contributed by atoms with van der Waals surface area (Å²) in [5.41, 5.74) is 9.13. The molecule has 3 rings (SSSR count). The molecule has 3 nitrogen and oxygen atoms in total. The molecule has 2 N–H and O–H groups in total. The first-order valence-electron chi connectivity index (χ1n) is 6.21. The average Bonchev–Trinajstić information content (AvgIpc) is 2.84. The van der Waals surface area contributed by atoms with Gasteiger partial charge < -0.3 is 10.6 Å². The molecule has 5 heteroatoms. The summed E-state index contributed by atoms with van der Waals surface area (Å²) < 4.78 is 0.783. The maximum atomic E-state index is 12.6. The average molecular weight is 352 g/mol. The number of nitrogens with two attached hydrogens (primary N) is 1. The number of nitrogen functional groups attached to an aromatic ring is 1. The molecule has 1 amide bonds. The van der Waals surface area contributed by atoms with Crippen molar-refractivity contribution in [3.05, 3.63) is 57.0 Å². The Morgan fingerprint density at radius 1 is 1.25 bits per heavy atom. The summed E-state index contributed by atoms with van der Waals surface area (Å²) in [4.78, 5) is 14.4. The van der Waals surface area contributed by atoms with Crippen LogP contribution in [0.3, 0.4) is 0 Å². The number of carbonyl (C=O) groups excluding carboxylic acids is 1. The fourth-order valence-electron chi connectivity index (χ4n) is 2.42. The molecule has 2 aromatic rings. The van der Waals surface area contributed by atoms with Crippen molar-refractivity contribution >= 4 is 44.8 Å². The lowest BCUT2D eigenvalue weighted by molar-refractivity contribution is 0.0989. The summed E-state index contributed by atoms with van der Waals surface area (Å²) in [6.45, 7) is 0.672. The summed E-state index contributed by atoms with van der Waals surface area (Å²) in [7, 11) is 0. The van der Waals surface area contributed by atoms with E-state index < -0.39 is 0 Å². The van der Waals surface area contributed by atoms with Crippen molar-refractivity contribution in [2.75, 3.05) is 17.2 Å². The molecule has 1 heterocycles. The molecule has 0 saturated heterocycles. The van der Waals surface area contributed by atoms with Crippen molar-refractivity contribution in [3.8, 4) is 0 Å². The highest BCUT2D eigenvalue weighted by atomic mass is 79.9. The summed E-state index contributed by atoms with van der Waals surface area (Å²) in [5, 5.41) is 0.535. The van der Waals surface area contributed by atoms with Gasteiger partial charge in [0.05, 0.1) is 5.02 Å². The maximum absolute atomic E-state index is 12.6. The number of rotatable bonds is 1. The topological polar surface area (TPSA) is 46.3 Å². The van der Waals surface area contributed by atoms with Crippen molar-refractivity contribution < 1.29 is 4.79 Å². The molecule has 0 aliphatic carbocycles. The van der Waals surface area contributed by atoms with Gasteiger partial charge in [-0.1, -0.05) is 11.6 Å². The zero-order valence-corrected chi connectivity index (χ0v) is 12.9. The largest absolute Gasteiger partial charge is 0.399 e. The molecule has 0 atom stereocenters. The molecule has 0 spiro atoms. The number of nitrogens with zero attached hydrogens (tertiary/aromatic N) is 1. The first kappa shape index (κ1) is 13.5. The lowest BCUT2D eigenvalue weighted by atomic mass is 10.1. The van der Waals surface area contributed by atoms with E-state index in [1.807, 2.05) is 18.2 Å². The zero-order valence-electron chi connectivity index (χ0n) is 10.6. The van der Waals surface area contributed by atoms with E-state index >= 15 is 0 Å². The van der Waals surface area contributed by atoms with Crippen LogP contribution in [0.1, 0.15) is 15.9 Å². The van der Waals surface area contributed by atoms with Gasteiger partial charge in [0.1, 0.15) is 0 Å². The number of carbonyl (C=O) groups is 1. The highest BCUT2D eigenvalue weighted by Gasteiger charge is 2.25. The van der Waals surface area contributed by atoms with E-state index in [0.717, 1.165) is 27.8 Å². The minimum atomic E-state index is -0.0390. The van der Waals surface area contributed by atoms with Crippen LogP contribution in [0.2, 0.25) is 5.02 Å². The van der Waals surface area contributed by atoms with Gasteiger partial charge in [0.15, 0.2) is 0 Å². The Morgan fingerprint density at radius 3 is 2.80 bits per heavy atom. The van der Waals surface area contributed by atoms with E-state index in [9.17, 15) is 4.79 Å². The van der Waals surface area contributed by atoms with Crippen LogP contribution in [0.5, 0.6) is 0 Å². The predicted octanol–water partition coefficient (Wildman–Crippen LogP) is 3.89. The molecule has 0 bridgehead atoms. The van der Waals surface area contributed by atoms with Crippen LogP contribution < -0.4 is 10.6 Å². The predicted molar refractivity (Wildman–Crippen MR) is 85.4 cm³/mol. The van der Waals surface area contributed by atoms with Gasteiger partial charge in [-0.05, 0) is 64.3 Å². The SMILES string of the molecule is Nc1ccc2c(c1)CCN2C(=O)c1ccc(Br)c(Cl)c1. The van der Waals surface area contributed by atoms with E-state index in [2.05, 4.69) is 15.9 Å². The number of anilines is 2. The Balaban J connectivity index is 1.95. The van der Waals surface area contributed by atoms with Crippen molar-refractivity contribution in [1.29, 1.82) is 0 Å². The van der Waals surface area contributed by atoms with E-state index in [0.29, 0.717) is 17.1 Å². The Morgan fingerprint density at radius 2 is 2.05 bits per heavy atom. The molecule has 0 fully saturated rings. The maximum Gasteiger partial charge on any atom is 0.258 e. The lowest BCUT2D eigenvalue weighted by Crippen LogP contribution is -2.28. The van der Waals surface area contributed by atoms with Gasteiger partial charge in [0.25, 0.3) is 5.91 Å². The molecular weight excluding hydrogens is 340 g/mol. The standard InChI is InChI=1S/C15H12BrClN2O/c16-12-3-1-10(8-13(12)17)15(20)19-6-5-9-7-11(18)2-4-14(9)19/h1-4,7-8H,5-6,18H2. The van der Waals surface area contributed by atoms with E-state index in [-0.39, 0.29) is 5.91 Å². The number of amides is 1. The zero-order chi connectivity index (χ0) is 14.3. The van der Waals surface area contributed by atoms with Crippen molar-refractivity contribution in [1.82, 2.24) is 0 Å². The van der Waals surface area contributed by atoms with Gasteiger partial charge in [-0.2, -0.15) is 0 Å². The van der Waals surface area contributed by atoms with E-state index in [4.69, 9.17) is 17.3 Å². The third kappa shape index (κ3) is 2.30. The van der Waals surface area contributed by atoms with Crippen molar-refractivity contribution in [2.24, 2.45) is 0 Å². The normalized spacial score (nSPS) is 13.4. The fraction of sp³-hybridized carbons (Fsp3) is 0.133. The molecule has 0 saturated carbocycles. The minimum Gasteiger partial charge on any atom is -0.399 e. The van der Waals surface area contributed by atoms with Crippen molar-refractivity contribution in [2.45, 2.75) is 6.42 Å². The van der Waals surface area contributed by atoms with Crippen molar-refractivity contribution in [3.63, 3.8) is 0 Å². The van der Waals surface area contributed by atoms with Gasteiger partial charge in [0, 0.05) is 28.0 Å². The Labute approximate surface area is 130 Å². The fourth-order valence-corrected chi connectivity index (χ4v) is 2.84. The number of halogens is 2. The summed E-state index contributed by atoms with van der Waals surface area (Å²) in [6, 6.07) is 10.9. The summed E-state index contributed by atoms with van der Waals surface area (Å²) >= 11 is 9.38. The molecule has 20 heavy (non-hydrogen) atoms. The Kier molecular flexibility index (Phi) is 3.44. The number of hydrogen-bond donors (Lipinski definition) is 1. The van der Waals surface area contributed by atoms with Crippen LogP contribution >= 0.6 is 27.5 Å². The molecule has 1 aliphatic rings. The first-order chi connectivity index (χ1) is 9.56. The summed E-state index contributed by atoms with van der Waals surface area (Å²) in [6.07, 6.45) is 0.830. The van der Waals surface area contributed by atoms with Crippen LogP contribution in [0.4, 0.5) is 11.4 Å². The third-order valence-corrected chi connectivity index (χ3v) is 4.64. The quantitative estimate of drug-likeness (QED) is 0.792. The van der Waals surface area contributed by atoms with Gasteiger partial charge in [-0.25, -0.2) is 0 Å². The van der Waals surface area contributed by atoms with Crippen LogP contribution in [-0.2, 0) is 6.42 Å². The second-order valence-corrected chi connectivity index (χ2v) is 5.99. The highest BCUT2D eigenvalue weighted by Crippen LogP contribution is 2.32. The lowest BCUT2D eigenvalue weighted by Gasteiger charge is -2.17. The first-order valence-corrected chi connectivity index (χ1v) is 7.38. The smallest absolute Gasteiger partial charge is 0.258 e. The molecule has 0 radical (unpaired) electrons. The third-order valence-electron chi connectivity index (χ3n) is 3.41. The number of hydrogen-bond acceptors (Lipinski definition) is 2. The van der Waals surface area contributed by atoms with E-state index in [1.165, 1.54) is 0 Å². The van der Waals surface area contributed by atoms with Gasteiger partial charge in [-0.15, -0.1) is 0 Å². The highest BCUT2D eigenvalue weighted by molar-refractivity contribution is 9.10. The second kappa shape index (κ2) is 5.11. The number of benzene rings is 2. The second-order valence-electron chi connectivity index (χ2n) is 4.72. The van der Waals surface area contributed by atoms with Gasteiger partial charge in [-0.3, -0.25) is 4.79 Å². The monoisotopic (exact) mass is 350 g/mol.